The van der Waals surface area contributed by atoms with Crippen LogP contribution < -0.4 is 10.3 Å². The lowest BCUT2D eigenvalue weighted by atomic mass is 10.2. The number of ether oxygens (including phenoxy) is 1. The quantitative estimate of drug-likeness (QED) is 0.701. The number of nitrogens with one attached hydrogen (secondary N) is 1. The second kappa shape index (κ2) is 6.05. The van der Waals surface area contributed by atoms with E-state index in [0.29, 0.717) is 26.3 Å². The number of hydrogen-bond donors (Lipinski definition) is 1. The van der Waals surface area contributed by atoms with Crippen molar-refractivity contribution in [3.05, 3.63) is 55.1 Å². The molecule has 1 aromatic carbocycles. The molecule has 2 aromatic heterocycles. The number of H-pyrrole nitrogens is 1. The van der Waals surface area contributed by atoms with Crippen molar-refractivity contribution in [1.29, 1.82) is 0 Å². The third kappa shape index (κ3) is 3.03. The van der Waals surface area contributed by atoms with Gasteiger partial charge in [-0.2, -0.15) is 0 Å². The van der Waals surface area contributed by atoms with Crippen LogP contribution >= 0.6 is 27.3 Å². The lowest BCUT2D eigenvalue weighted by molar-refractivity contribution is 0.215. The Kier molecular flexibility index (Phi) is 4.25. The van der Waals surface area contributed by atoms with Gasteiger partial charge in [0, 0.05) is 4.88 Å². The fourth-order valence-corrected chi connectivity index (χ4v) is 3.76. The van der Waals surface area contributed by atoms with Gasteiger partial charge in [0.1, 0.15) is 16.4 Å². The topological polar surface area (TPSA) is 55.0 Å². The van der Waals surface area contributed by atoms with Gasteiger partial charge >= 0.3 is 0 Å². The summed E-state index contributed by atoms with van der Waals surface area (Å²) in [6.45, 7) is 5.67. The Morgan fingerprint density at radius 2 is 2.13 bits per heavy atom. The van der Waals surface area contributed by atoms with Gasteiger partial charge in [0.2, 0.25) is 0 Å². The zero-order chi connectivity index (χ0) is 16.7. The van der Waals surface area contributed by atoms with E-state index in [-0.39, 0.29) is 11.4 Å². The Morgan fingerprint density at radius 1 is 1.39 bits per heavy atom. The fraction of sp³-hybridized carbons (Fsp3) is 0.250. The number of rotatable bonds is 3. The predicted molar refractivity (Wildman–Crippen MR) is 92.9 cm³/mol. The summed E-state index contributed by atoms with van der Waals surface area (Å²) in [7, 11) is 0. The van der Waals surface area contributed by atoms with Gasteiger partial charge in [0.05, 0.1) is 9.86 Å². The van der Waals surface area contributed by atoms with Crippen molar-refractivity contribution in [2.75, 3.05) is 0 Å². The van der Waals surface area contributed by atoms with Crippen LogP contribution in [0.1, 0.15) is 29.3 Å². The first-order chi connectivity index (χ1) is 10.9. The van der Waals surface area contributed by atoms with Gasteiger partial charge < -0.3 is 9.72 Å². The molecular weight excluding hydrogens is 383 g/mol. The van der Waals surface area contributed by atoms with Crippen molar-refractivity contribution in [2.24, 2.45) is 0 Å². The largest absolute Gasteiger partial charge is 0.482 e. The summed E-state index contributed by atoms with van der Waals surface area (Å²) in [5, 5.41) is 0.631. The Morgan fingerprint density at radius 3 is 2.83 bits per heavy atom. The van der Waals surface area contributed by atoms with Crippen LogP contribution in [0.25, 0.3) is 10.2 Å². The summed E-state index contributed by atoms with van der Waals surface area (Å²) in [4.78, 5) is 21.4. The Labute approximate surface area is 144 Å². The van der Waals surface area contributed by atoms with Gasteiger partial charge in [0.15, 0.2) is 11.9 Å². The Hall–Kier alpha value is -1.73. The normalized spacial score (nSPS) is 12.6. The minimum Gasteiger partial charge on any atom is -0.482 e. The average molecular weight is 397 g/mol. The molecule has 3 aromatic rings. The van der Waals surface area contributed by atoms with Crippen LogP contribution in [-0.2, 0) is 0 Å². The molecule has 0 aliphatic carbocycles. The van der Waals surface area contributed by atoms with Crippen LogP contribution in [0.15, 0.2) is 27.5 Å². The van der Waals surface area contributed by atoms with E-state index in [1.165, 1.54) is 29.5 Å². The molecule has 0 radical (unpaired) electrons. The highest BCUT2D eigenvalue weighted by Crippen LogP contribution is 2.30. The number of hydrogen-bond acceptors (Lipinski definition) is 4. The number of fused-ring (bicyclic) bond motifs is 1. The molecule has 0 amide bonds. The van der Waals surface area contributed by atoms with Crippen molar-refractivity contribution in [1.82, 2.24) is 9.97 Å². The molecule has 2 heterocycles. The molecule has 0 bridgehead atoms. The summed E-state index contributed by atoms with van der Waals surface area (Å²) in [5.74, 6) is 0.578. The Bertz CT molecular complexity index is 951. The van der Waals surface area contributed by atoms with E-state index in [2.05, 4.69) is 25.9 Å². The smallest absolute Gasteiger partial charge is 0.260 e. The summed E-state index contributed by atoms with van der Waals surface area (Å²) in [5.41, 5.74) is 0.792. The first-order valence-corrected chi connectivity index (χ1v) is 8.59. The molecular formula is C16H14BrFN2O2S. The highest BCUT2D eigenvalue weighted by atomic mass is 79.9. The molecule has 0 unspecified atom stereocenters. The van der Waals surface area contributed by atoms with Crippen LogP contribution in [0.2, 0.25) is 0 Å². The van der Waals surface area contributed by atoms with E-state index >= 15 is 0 Å². The molecule has 0 aliphatic rings. The van der Waals surface area contributed by atoms with Gasteiger partial charge in [-0.1, -0.05) is 0 Å². The molecule has 1 N–H and O–H groups in total. The van der Waals surface area contributed by atoms with E-state index in [9.17, 15) is 9.18 Å². The van der Waals surface area contributed by atoms with Crippen LogP contribution in [0.4, 0.5) is 4.39 Å². The fourth-order valence-electron chi connectivity index (χ4n) is 2.28. The van der Waals surface area contributed by atoms with Crippen LogP contribution in [0, 0.1) is 19.7 Å². The standard InChI is InChI=1S/C16H14BrFN2O2S/c1-7-9(3)23-16-13(7)15(21)19-14(20-16)8(2)22-12-5-4-10(18)6-11(12)17/h4-6,8H,1-3H3,(H,19,20,21)/t8-/m0/s1. The van der Waals surface area contributed by atoms with E-state index < -0.39 is 6.10 Å². The first-order valence-electron chi connectivity index (χ1n) is 6.98. The maximum atomic E-state index is 13.1. The van der Waals surface area contributed by atoms with Crippen molar-refractivity contribution in [3.8, 4) is 5.75 Å². The van der Waals surface area contributed by atoms with Crippen molar-refractivity contribution in [3.63, 3.8) is 0 Å². The third-order valence-electron chi connectivity index (χ3n) is 3.64. The zero-order valence-electron chi connectivity index (χ0n) is 12.7. The highest BCUT2D eigenvalue weighted by molar-refractivity contribution is 9.10. The summed E-state index contributed by atoms with van der Waals surface area (Å²) in [6.07, 6.45) is -0.475. The van der Waals surface area contributed by atoms with Crippen molar-refractivity contribution >= 4 is 37.5 Å². The van der Waals surface area contributed by atoms with Gasteiger partial charge in [-0.15, -0.1) is 11.3 Å². The molecule has 1 atom stereocenters. The molecule has 0 aliphatic heterocycles. The number of halogens is 2. The second-order valence-electron chi connectivity index (χ2n) is 5.25. The van der Waals surface area contributed by atoms with Gasteiger partial charge in [-0.3, -0.25) is 4.79 Å². The predicted octanol–water partition coefficient (Wildman–Crippen LogP) is 4.64. The van der Waals surface area contributed by atoms with Gasteiger partial charge in [0.25, 0.3) is 5.56 Å². The van der Waals surface area contributed by atoms with Crippen LogP contribution in [0.5, 0.6) is 5.75 Å². The maximum absolute atomic E-state index is 13.1. The summed E-state index contributed by atoms with van der Waals surface area (Å²) >= 11 is 4.75. The number of aromatic nitrogens is 2. The number of thiophene rings is 1. The molecule has 0 saturated carbocycles. The molecule has 0 spiro atoms. The minimum absolute atomic E-state index is 0.166. The second-order valence-corrected chi connectivity index (χ2v) is 7.31. The van der Waals surface area contributed by atoms with Crippen LogP contribution in [0.3, 0.4) is 0 Å². The summed E-state index contributed by atoms with van der Waals surface area (Å²) < 4.78 is 19.4. The zero-order valence-corrected chi connectivity index (χ0v) is 15.1. The van der Waals surface area contributed by atoms with Gasteiger partial charge in [-0.25, -0.2) is 9.37 Å². The number of benzene rings is 1. The monoisotopic (exact) mass is 396 g/mol. The van der Waals surface area contributed by atoms with E-state index in [4.69, 9.17) is 4.74 Å². The molecule has 4 nitrogen and oxygen atoms in total. The third-order valence-corrected chi connectivity index (χ3v) is 5.36. The lowest BCUT2D eigenvalue weighted by Crippen LogP contribution is -2.16. The van der Waals surface area contributed by atoms with Crippen molar-refractivity contribution < 1.29 is 9.13 Å². The molecule has 3 rings (SSSR count). The molecule has 7 heteroatoms. The van der Waals surface area contributed by atoms with Crippen LogP contribution in [-0.4, -0.2) is 9.97 Å². The summed E-state index contributed by atoms with van der Waals surface area (Å²) in [6, 6.07) is 4.18. The SMILES string of the molecule is Cc1sc2nc([C@H](C)Oc3ccc(F)cc3Br)[nH]c(=O)c2c1C. The first kappa shape index (κ1) is 16.1. The van der Waals surface area contributed by atoms with Crippen molar-refractivity contribution in [2.45, 2.75) is 26.9 Å². The molecule has 0 saturated heterocycles. The average Bonchev–Trinajstić information content (AvgIpc) is 2.77. The highest BCUT2D eigenvalue weighted by Gasteiger charge is 2.17. The maximum Gasteiger partial charge on any atom is 0.260 e. The van der Waals surface area contributed by atoms with E-state index in [1.807, 2.05) is 13.8 Å². The minimum atomic E-state index is -0.475. The number of aromatic amines is 1. The Balaban J connectivity index is 1.98. The molecule has 120 valence electrons. The number of nitrogens with zero attached hydrogens (tertiary/aromatic N) is 1. The number of aryl methyl sites for hydroxylation is 2. The van der Waals surface area contributed by atoms with E-state index in [0.717, 1.165) is 10.4 Å². The molecule has 0 fully saturated rings. The molecule has 23 heavy (non-hydrogen) atoms. The lowest BCUT2D eigenvalue weighted by Gasteiger charge is -2.15. The van der Waals surface area contributed by atoms with E-state index in [1.54, 1.807) is 6.92 Å². The van der Waals surface area contributed by atoms with Gasteiger partial charge in [-0.05, 0) is 60.5 Å².